The number of nitrogens with two attached hydrogens (primary N) is 1. The van der Waals surface area contributed by atoms with Gasteiger partial charge in [0, 0.05) is 12.6 Å². The van der Waals surface area contributed by atoms with Gasteiger partial charge in [-0.2, -0.15) is 4.98 Å². The van der Waals surface area contributed by atoms with Crippen LogP contribution in [0.15, 0.2) is 20.7 Å². The van der Waals surface area contributed by atoms with Gasteiger partial charge in [-0.1, -0.05) is 0 Å². The second-order valence-electron chi connectivity index (χ2n) is 3.70. The second-order valence-corrected chi connectivity index (χ2v) is 4.68. The first-order valence-corrected chi connectivity index (χ1v) is 6.40. The molecule has 0 fully saturated rings. The van der Waals surface area contributed by atoms with Gasteiger partial charge in [0.1, 0.15) is 16.6 Å². The van der Waals surface area contributed by atoms with Gasteiger partial charge in [-0.05, 0) is 32.5 Å². The van der Waals surface area contributed by atoms with Crippen molar-refractivity contribution in [3.05, 3.63) is 17.5 Å². The van der Waals surface area contributed by atoms with Crippen molar-refractivity contribution in [2.45, 2.75) is 31.0 Å². The molecule has 0 aromatic carbocycles. The standard InChI is InChI=1S/C11H15N5OS/c1-4-13-8-5-9(16-10(12)15-8)18-11-14-6(2)7(3)17-11/h5H,4H2,1-3H3,(H3,12,13,15,16). The van der Waals surface area contributed by atoms with E-state index in [4.69, 9.17) is 10.2 Å². The van der Waals surface area contributed by atoms with Crippen LogP contribution in [0.4, 0.5) is 11.8 Å². The first-order valence-electron chi connectivity index (χ1n) is 5.58. The highest BCUT2D eigenvalue weighted by Crippen LogP contribution is 2.28. The van der Waals surface area contributed by atoms with E-state index in [1.165, 1.54) is 11.8 Å². The smallest absolute Gasteiger partial charge is 0.262 e. The number of nitrogen functional groups attached to an aromatic ring is 1. The maximum atomic E-state index is 5.65. The molecule has 0 aliphatic carbocycles. The second kappa shape index (κ2) is 5.26. The lowest BCUT2D eigenvalue weighted by molar-refractivity contribution is 0.431. The van der Waals surface area contributed by atoms with Crippen LogP contribution in [-0.2, 0) is 0 Å². The van der Waals surface area contributed by atoms with Crippen LogP contribution in [0.1, 0.15) is 18.4 Å². The Labute approximate surface area is 109 Å². The molecule has 0 unspecified atom stereocenters. The average Bonchev–Trinajstić information content (AvgIpc) is 2.57. The maximum Gasteiger partial charge on any atom is 0.262 e. The molecule has 96 valence electrons. The number of rotatable bonds is 4. The summed E-state index contributed by atoms with van der Waals surface area (Å²) >= 11 is 1.33. The Hall–Kier alpha value is -1.76. The molecule has 3 N–H and O–H groups in total. The molecule has 0 aliphatic rings. The third-order valence-corrected chi connectivity index (χ3v) is 3.05. The van der Waals surface area contributed by atoms with Gasteiger partial charge in [-0.15, -0.1) is 0 Å². The lowest BCUT2D eigenvalue weighted by Crippen LogP contribution is -2.03. The van der Waals surface area contributed by atoms with E-state index in [0.717, 1.165) is 18.0 Å². The predicted molar refractivity (Wildman–Crippen MR) is 70.7 cm³/mol. The molecule has 0 radical (unpaired) electrons. The predicted octanol–water partition coefficient (Wildman–Crippen LogP) is 2.25. The van der Waals surface area contributed by atoms with Gasteiger partial charge >= 0.3 is 0 Å². The van der Waals surface area contributed by atoms with Crippen molar-refractivity contribution >= 4 is 23.5 Å². The van der Waals surface area contributed by atoms with Crippen molar-refractivity contribution < 1.29 is 4.42 Å². The fourth-order valence-electron chi connectivity index (χ4n) is 1.34. The van der Waals surface area contributed by atoms with Gasteiger partial charge in [-0.3, -0.25) is 0 Å². The van der Waals surface area contributed by atoms with Crippen molar-refractivity contribution in [3.63, 3.8) is 0 Å². The van der Waals surface area contributed by atoms with E-state index in [0.29, 0.717) is 16.1 Å². The maximum absolute atomic E-state index is 5.65. The Balaban J connectivity index is 2.22. The fourth-order valence-corrected chi connectivity index (χ4v) is 2.18. The SMILES string of the molecule is CCNc1cc(Sc2nc(C)c(C)o2)nc(N)n1. The number of hydrogen-bond acceptors (Lipinski definition) is 7. The molecular weight excluding hydrogens is 250 g/mol. The molecule has 2 aromatic rings. The fraction of sp³-hybridized carbons (Fsp3) is 0.364. The van der Waals surface area contributed by atoms with Gasteiger partial charge in [0.15, 0.2) is 0 Å². The van der Waals surface area contributed by atoms with Crippen LogP contribution in [-0.4, -0.2) is 21.5 Å². The summed E-state index contributed by atoms with van der Waals surface area (Å²) in [5, 5.41) is 4.36. The van der Waals surface area contributed by atoms with Gasteiger partial charge < -0.3 is 15.5 Å². The summed E-state index contributed by atoms with van der Waals surface area (Å²) in [6.07, 6.45) is 0. The summed E-state index contributed by atoms with van der Waals surface area (Å²) in [5.41, 5.74) is 6.53. The molecule has 0 aliphatic heterocycles. The molecular formula is C11H15N5OS. The van der Waals surface area contributed by atoms with Crippen molar-refractivity contribution in [2.75, 3.05) is 17.6 Å². The molecule has 7 heteroatoms. The van der Waals surface area contributed by atoms with Gasteiger partial charge in [0.25, 0.3) is 5.22 Å². The number of oxazole rings is 1. The minimum absolute atomic E-state index is 0.232. The van der Waals surface area contributed by atoms with Crippen LogP contribution in [0.25, 0.3) is 0 Å². The van der Waals surface area contributed by atoms with Crippen molar-refractivity contribution in [1.82, 2.24) is 15.0 Å². The highest BCUT2D eigenvalue weighted by atomic mass is 32.2. The number of hydrogen-bond donors (Lipinski definition) is 2. The van der Waals surface area contributed by atoms with E-state index in [-0.39, 0.29) is 5.95 Å². The number of nitrogens with one attached hydrogen (secondary N) is 1. The van der Waals surface area contributed by atoms with E-state index in [1.54, 1.807) is 0 Å². The molecule has 2 rings (SSSR count). The molecule has 0 atom stereocenters. The van der Waals surface area contributed by atoms with E-state index >= 15 is 0 Å². The third kappa shape index (κ3) is 2.92. The highest BCUT2D eigenvalue weighted by molar-refractivity contribution is 7.99. The molecule has 0 saturated heterocycles. The van der Waals surface area contributed by atoms with Crippen LogP contribution >= 0.6 is 11.8 Å². The molecule has 0 spiro atoms. The summed E-state index contributed by atoms with van der Waals surface area (Å²) in [5.74, 6) is 1.75. The topological polar surface area (TPSA) is 89.9 Å². The third-order valence-electron chi connectivity index (χ3n) is 2.28. The van der Waals surface area contributed by atoms with Crippen molar-refractivity contribution in [3.8, 4) is 0 Å². The van der Waals surface area contributed by atoms with E-state index in [2.05, 4.69) is 20.3 Å². The summed E-state index contributed by atoms with van der Waals surface area (Å²) in [7, 11) is 0. The quantitative estimate of drug-likeness (QED) is 0.819. The zero-order chi connectivity index (χ0) is 13.1. The molecule has 0 amide bonds. The van der Waals surface area contributed by atoms with Crippen LogP contribution in [0.5, 0.6) is 0 Å². The van der Waals surface area contributed by atoms with E-state index in [9.17, 15) is 0 Å². The van der Waals surface area contributed by atoms with Gasteiger partial charge in [0.05, 0.1) is 5.69 Å². The van der Waals surface area contributed by atoms with Crippen LogP contribution in [0.2, 0.25) is 0 Å². The van der Waals surface area contributed by atoms with Crippen LogP contribution in [0.3, 0.4) is 0 Å². The molecule has 18 heavy (non-hydrogen) atoms. The summed E-state index contributed by atoms with van der Waals surface area (Å²) in [6.45, 7) is 6.55. The van der Waals surface area contributed by atoms with Crippen molar-refractivity contribution in [2.24, 2.45) is 0 Å². The Morgan fingerprint density at radius 2 is 2.11 bits per heavy atom. The molecule has 2 heterocycles. The largest absolute Gasteiger partial charge is 0.436 e. The highest BCUT2D eigenvalue weighted by Gasteiger charge is 2.10. The summed E-state index contributed by atoms with van der Waals surface area (Å²) in [6, 6.07) is 1.82. The van der Waals surface area contributed by atoms with Crippen LogP contribution in [0, 0.1) is 13.8 Å². The Kier molecular flexibility index (Phi) is 3.71. The average molecular weight is 265 g/mol. The number of anilines is 2. The van der Waals surface area contributed by atoms with E-state index < -0.39 is 0 Å². The molecule has 0 saturated carbocycles. The minimum Gasteiger partial charge on any atom is -0.436 e. The molecule has 0 bridgehead atoms. The monoisotopic (exact) mass is 265 g/mol. The number of aromatic nitrogens is 3. The van der Waals surface area contributed by atoms with Gasteiger partial charge in [0.2, 0.25) is 5.95 Å². The van der Waals surface area contributed by atoms with E-state index in [1.807, 2.05) is 26.8 Å². The normalized spacial score (nSPS) is 10.6. The summed E-state index contributed by atoms with van der Waals surface area (Å²) in [4.78, 5) is 12.5. The lowest BCUT2D eigenvalue weighted by atomic mass is 10.4. The first-order chi connectivity index (χ1) is 8.58. The van der Waals surface area contributed by atoms with Crippen LogP contribution < -0.4 is 11.1 Å². The number of nitrogens with zero attached hydrogens (tertiary/aromatic N) is 3. The zero-order valence-corrected chi connectivity index (χ0v) is 11.3. The zero-order valence-electron chi connectivity index (χ0n) is 10.5. The Morgan fingerprint density at radius 3 is 2.72 bits per heavy atom. The summed E-state index contributed by atoms with van der Waals surface area (Å²) < 4.78 is 5.49. The molecule has 2 aromatic heterocycles. The minimum atomic E-state index is 0.232. The lowest BCUT2D eigenvalue weighted by Gasteiger charge is -2.04. The Bertz CT molecular complexity index is 535. The van der Waals surface area contributed by atoms with Crippen molar-refractivity contribution in [1.29, 1.82) is 0 Å². The van der Waals surface area contributed by atoms with Gasteiger partial charge in [-0.25, -0.2) is 9.97 Å². The molecule has 6 nitrogen and oxygen atoms in total. The first kappa shape index (κ1) is 12.7. The number of aryl methyl sites for hydroxylation is 2. The Morgan fingerprint density at radius 1 is 1.33 bits per heavy atom.